The number of rotatable bonds is 4. The third-order valence-corrected chi connectivity index (χ3v) is 3.69. The molecule has 0 saturated heterocycles. The standard InChI is InChI=1S/C12H12BrNOS/c1-15-7-12-14-11(8-16-12)10-4-2-9(6-13)3-5-10/h2-5,8H,6-7H2,1H3. The Balaban J connectivity index is 2.21. The van der Waals surface area contributed by atoms with Crippen LogP contribution in [0.4, 0.5) is 0 Å². The Labute approximate surface area is 107 Å². The number of aromatic nitrogens is 1. The highest BCUT2D eigenvalue weighted by atomic mass is 79.9. The molecule has 0 atom stereocenters. The number of hydrogen-bond donors (Lipinski definition) is 0. The van der Waals surface area contributed by atoms with Gasteiger partial charge in [0.2, 0.25) is 0 Å². The van der Waals surface area contributed by atoms with Crippen molar-refractivity contribution >= 4 is 27.3 Å². The van der Waals surface area contributed by atoms with Gasteiger partial charge in [-0.25, -0.2) is 4.98 Å². The van der Waals surface area contributed by atoms with Gasteiger partial charge in [-0.05, 0) is 5.56 Å². The van der Waals surface area contributed by atoms with E-state index in [4.69, 9.17) is 4.74 Å². The van der Waals surface area contributed by atoms with Crippen LogP contribution in [0.3, 0.4) is 0 Å². The highest BCUT2D eigenvalue weighted by Gasteiger charge is 2.03. The van der Waals surface area contributed by atoms with Gasteiger partial charge in [0.25, 0.3) is 0 Å². The molecule has 0 saturated carbocycles. The van der Waals surface area contributed by atoms with Gasteiger partial charge in [-0.2, -0.15) is 0 Å². The third kappa shape index (κ3) is 2.70. The maximum Gasteiger partial charge on any atom is 0.119 e. The first-order valence-electron chi connectivity index (χ1n) is 4.92. The molecule has 0 amide bonds. The summed E-state index contributed by atoms with van der Waals surface area (Å²) < 4.78 is 5.06. The van der Waals surface area contributed by atoms with Gasteiger partial charge in [0, 0.05) is 23.4 Å². The normalized spacial score (nSPS) is 10.6. The Bertz CT molecular complexity index is 452. The molecule has 2 aromatic rings. The van der Waals surface area contributed by atoms with Crippen molar-refractivity contribution in [2.24, 2.45) is 0 Å². The molecule has 2 rings (SSSR count). The highest BCUT2D eigenvalue weighted by Crippen LogP contribution is 2.23. The van der Waals surface area contributed by atoms with E-state index < -0.39 is 0 Å². The molecule has 0 N–H and O–H groups in total. The summed E-state index contributed by atoms with van der Waals surface area (Å²) in [5, 5.41) is 3.97. The smallest absolute Gasteiger partial charge is 0.119 e. The Morgan fingerprint density at radius 1 is 1.31 bits per heavy atom. The van der Waals surface area contributed by atoms with Crippen LogP contribution in [0.2, 0.25) is 0 Å². The number of alkyl halides is 1. The van der Waals surface area contributed by atoms with Gasteiger partial charge in [-0.1, -0.05) is 40.2 Å². The quantitative estimate of drug-likeness (QED) is 0.800. The Morgan fingerprint density at radius 3 is 2.69 bits per heavy atom. The summed E-state index contributed by atoms with van der Waals surface area (Å²) >= 11 is 5.07. The third-order valence-electron chi connectivity index (χ3n) is 2.22. The molecule has 1 heterocycles. The first kappa shape index (κ1) is 11.8. The predicted octanol–water partition coefficient (Wildman–Crippen LogP) is 3.85. The second-order valence-electron chi connectivity index (χ2n) is 3.39. The molecule has 4 heteroatoms. The lowest BCUT2D eigenvalue weighted by Gasteiger charge is -1.98. The second-order valence-corrected chi connectivity index (χ2v) is 4.89. The number of halogens is 1. The molecule has 1 aromatic heterocycles. The number of hydrogen-bond acceptors (Lipinski definition) is 3. The molecular weight excluding hydrogens is 286 g/mol. The van der Waals surface area contributed by atoms with Crippen LogP contribution in [0.5, 0.6) is 0 Å². The summed E-state index contributed by atoms with van der Waals surface area (Å²) in [6.45, 7) is 0.587. The van der Waals surface area contributed by atoms with Crippen LogP contribution < -0.4 is 0 Å². The lowest BCUT2D eigenvalue weighted by Crippen LogP contribution is -1.86. The van der Waals surface area contributed by atoms with Crippen molar-refractivity contribution in [1.29, 1.82) is 0 Å². The molecule has 0 radical (unpaired) electrons. The van der Waals surface area contributed by atoms with E-state index in [0.717, 1.165) is 21.6 Å². The first-order valence-corrected chi connectivity index (χ1v) is 6.92. The van der Waals surface area contributed by atoms with Crippen molar-refractivity contribution in [3.63, 3.8) is 0 Å². The summed E-state index contributed by atoms with van der Waals surface area (Å²) in [6.07, 6.45) is 0. The van der Waals surface area contributed by atoms with Gasteiger partial charge >= 0.3 is 0 Å². The van der Waals surface area contributed by atoms with Crippen molar-refractivity contribution in [2.75, 3.05) is 7.11 Å². The molecule has 84 valence electrons. The lowest BCUT2D eigenvalue weighted by atomic mass is 10.1. The molecule has 0 fully saturated rings. The minimum Gasteiger partial charge on any atom is -0.378 e. The van der Waals surface area contributed by atoms with Crippen LogP contribution in [0.15, 0.2) is 29.6 Å². The van der Waals surface area contributed by atoms with E-state index in [2.05, 4.69) is 50.6 Å². The molecule has 0 spiro atoms. The Morgan fingerprint density at radius 2 is 2.06 bits per heavy atom. The zero-order valence-electron chi connectivity index (χ0n) is 8.94. The van der Waals surface area contributed by atoms with Crippen LogP contribution in [0, 0.1) is 0 Å². The monoisotopic (exact) mass is 297 g/mol. The Kier molecular flexibility index (Phi) is 4.09. The molecule has 16 heavy (non-hydrogen) atoms. The summed E-state index contributed by atoms with van der Waals surface area (Å²) in [5.74, 6) is 0. The average Bonchev–Trinajstić information content (AvgIpc) is 2.78. The number of benzene rings is 1. The summed E-state index contributed by atoms with van der Waals surface area (Å²) in [6, 6.07) is 8.42. The van der Waals surface area contributed by atoms with E-state index in [1.165, 1.54) is 5.56 Å². The van der Waals surface area contributed by atoms with Crippen LogP contribution in [-0.2, 0) is 16.7 Å². The second kappa shape index (κ2) is 5.57. The van der Waals surface area contributed by atoms with Crippen molar-refractivity contribution in [3.8, 4) is 11.3 Å². The SMILES string of the molecule is COCc1nc(-c2ccc(CBr)cc2)cs1. The molecule has 0 aliphatic carbocycles. The predicted molar refractivity (Wildman–Crippen MR) is 70.9 cm³/mol. The molecule has 0 aliphatic heterocycles. The fraction of sp³-hybridized carbons (Fsp3) is 0.250. The zero-order valence-corrected chi connectivity index (χ0v) is 11.3. The minimum absolute atomic E-state index is 0.587. The van der Waals surface area contributed by atoms with E-state index in [1.54, 1.807) is 18.4 Å². The molecule has 0 unspecified atom stereocenters. The van der Waals surface area contributed by atoms with Crippen molar-refractivity contribution in [2.45, 2.75) is 11.9 Å². The van der Waals surface area contributed by atoms with Crippen molar-refractivity contribution in [1.82, 2.24) is 4.98 Å². The maximum atomic E-state index is 5.06. The first-order chi connectivity index (χ1) is 7.83. The van der Waals surface area contributed by atoms with E-state index in [0.29, 0.717) is 6.61 Å². The van der Waals surface area contributed by atoms with Crippen LogP contribution >= 0.6 is 27.3 Å². The number of thiazole rings is 1. The van der Waals surface area contributed by atoms with E-state index in [9.17, 15) is 0 Å². The fourth-order valence-electron chi connectivity index (χ4n) is 1.40. The number of ether oxygens (including phenoxy) is 1. The van der Waals surface area contributed by atoms with Crippen LogP contribution in [-0.4, -0.2) is 12.1 Å². The van der Waals surface area contributed by atoms with Crippen LogP contribution in [0.25, 0.3) is 11.3 Å². The molecule has 0 aliphatic rings. The van der Waals surface area contributed by atoms with E-state index in [1.807, 2.05) is 0 Å². The topological polar surface area (TPSA) is 22.1 Å². The zero-order chi connectivity index (χ0) is 11.4. The van der Waals surface area contributed by atoms with Gasteiger partial charge in [0.05, 0.1) is 12.3 Å². The summed E-state index contributed by atoms with van der Waals surface area (Å²) in [7, 11) is 1.69. The van der Waals surface area contributed by atoms with Gasteiger partial charge in [-0.3, -0.25) is 0 Å². The van der Waals surface area contributed by atoms with Crippen molar-refractivity contribution < 1.29 is 4.74 Å². The highest BCUT2D eigenvalue weighted by molar-refractivity contribution is 9.08. The van der Waals surface area contributed by atoms with Gasteiger partial charge < -0.3 is 4.74 Å². The maximum absolute atomic E-state index is 5.06. The molecule has 1 aromatic carbocycles. The molecular formula is C12H12BrNOS. The van der Waals surface area contributed by atoms with Gasteiger partial charge in [-0.15, -0.1) is 11.3 Å². The minimum atomic E-state index is 0.587. The van der Waals surface area contributed by atoms with E-state index in [-0.39, 0.29) is 0 Å². The van der Waals surface area contributed by atoms with Gasteiger partial charge in [0.15, 0.2) is 0 Å². The number of methoxy groups -OCH3 is 1. The summed E-state index contributed by atoms with van der Waals surface area (Å²) in [5.41, 5.74) is 3.46. The molecule has 2 nitrogen and oxygen atoms in total. The number of nitrogens with zero attached hydrogens (tertiary/aromatic N) is 1. The van der Waals surface area contributed by atoms with E-state index >= 15 is 0 Å². The molecule has 0 bridgehead atoms. The fourth-order valence-corrected chi connectivity index (χ4v) is 2.55. The summed E-state index contributed by atoms with van der Waals surface area (Å²) in [4.78, 5) is 4.51. The Hall–Kier alpha value is -0.710. The van der Waals surface area contributed by atoms with Crippen molar-refractivity contribution in [3.05, 3.63) is 40.2 Å². The largest absolute Gasteiger partial charge is 0.378 e. The van der Waals surface area contributed by atoms with Gasteiger partial charge in [0.1, 0.15) is 5.01 Å². The lowest BCUT2D eigenvalue weighted by molar-refractivity contribution is 0.184. The average molecular weight is 298 g/mol. The van der Waals surface area contributed by atoms with Crippen LogP contribution in [0.1, 0.15) is 10.6 Å².